The summed E-state index contributed by atoms with van der Waals surface area (Å²) < 4.78 is 18.9. The van der Waals surface area contributed by atoms with Gasteiger partial charge in [-0.3, -0.25) is 4.79 Å². The molecule has 3 aliphatic carbocycles. The Morgan fingerprint density at radius 2 is 2.00 bits per heavy atom. The minimum Gasteiger partial charge on any atom is -0.484 e. The van der Waals surface area contributed by atoms with Crippen LogP contribution in [-0.2, 0) is 11.3 Å². The molecule has 2 bridgehead atoms. The molecule has 1 amide bonds. The molecule has 0 aromatic heterocycles. The van der Waals surface area contributed by atoms with Crippen LogP contribution in [0.5, 0.6) is 5.75 Å². The number of hydrazine groups is 1. The lowest BCUT2D eigenvalue weighted by Crippen LogP contribution is -2.59. The lowest BCUT2D eigenvalue weighted by atomic mass is 9.60. The molecule has 0 radical (unpaired) electrons. The molecule has 1 aliphatic heterocycles. The zero-order valence-corrected chi connectivity index (χ0v) is 18.4. The van der Waals surface area contributed by atoms with Crippen molar-refractivity contribution >= 4 is 35.1 Å². The molecule has 4 aliphatic rings. The minimum atomic E-state index is -0.560. The first kappa shape index (κ1) is 20.9. The smallest absolute Gasteiger partial charge is 0.258 e. The summed E-state index contributed by atoms with van der Waals surface area (Å²) in [5, 5.41) is 6.85. The zero-order valence-electron chi connectivity index (χ0n) is 16.8. The number of anilines is 1. The molecule has 9 heteroatoms. The number of fused-ring (bicyclic) bond motifs is 3. The summed E-state index contributed by atoms with van der Waals surface area (Å²) in [6.07, 6.45) is 3.19. The van der Waals surface area contributed by atoms with Crippen LogP contribution < -0.4 is 25.6 Å². The van der Waals surface area contributed by atoms with Gasteiger partial charge in [-0.2, -0.15) is 4.83 Å². The molecule has 2 unspecified atom stereocenters. The van der Waals surface area contributed by atoms with Gasteiger partial charge in [-0.05, 0) is 72.9 Å². The molecular weight excluding hydrogens is 439 g/mol. The fraction of sp³-hybridized carbons (Fsp3) is 0.409. The van der Waals surface area contributed by atoms with Gasteiger partial charge >= 0.3 is 0 Å². The van der Waals surface area contributed by atoms with Crippen molar-refractivity contribution < 1.29 is 13.9 Å². The number of benzene rings is 2. The second-order valence-electron chi connectivity index (χ2n) is 8.41. The van der Waals surface area contributed by atoms with E-state index in [1.165, 1.54) is 22.6 Å². The molecule has 164 valence electrons. The summed E-state index contributed by atoms with van der Waals surface area (Å²) in [6, 6.07) is 11.1. The van der Waals surface area contributed by atoms with Gasteiger partial charge in [0, 0.05) is 29.6 Å². The van der Waals surface area contributed by atoms with Gasteiger partial charge in [-0.1, -0.05) is 17.7 Å². The second kappa shape index (κ2) is 8.86. The van der Waals surface area contributed by atoms with E-state index in [9.17, 15) is 9.18 Å². The zero-order chi connectivity index (χ0) is 21.4. The van der Waals surface area contributed by atoms with Crippen molar-refractivity contribution in [2.45, 2.75) is 42.8 Å². The Labute approximate surface area is 189 Å². The molecular formula is C22H24ClFN4O2S. The maximum Gasteiger partial charge on any atom is 0.258 e. The van der Waals surface area contributed by atoms with Crippen LogP contribution in [-0.4, -0.2) is 24.6 Å². The van der Waals surface area contributed by atoms with E-state index >= 15 is 0 Å². The second-order valence-corrected chi connectivity index (χ2v) is 9.67. The fourth-order valence-corrected chi connectivity index (χ4v) is 5.42. The van der Waals surface area contributed by atoms with Gasteiger partial charge in [-0.15, -0.1) is 0 Å². The maximum atomic E-state index is 13.5. The average Bonchev–Trinajstić information content (AvgIpc) is 3.20. The Bertz CT molecular complexity index is 988. The summed E-state index contributed by atoms with van der Waals surface area (Å²) in [5.41, 5.74) is 5.50. The minimum absolute atomic E-state index is 0.0313. The monoisotopic (exact) mass is 462 g/mol. The van der Waals surface area contributed by atoms with Gasteiger partial charge in [-0.25, -0.2) is 4.39 Å². The van der Waals surface area contributed by atoms with Crippen molar-refractivity contribution in [3.8, 4) is 5.75 Å². The van der Waals surface area contributed by atoms with E-state index in [-0.39, 0.29) is 23.6 Å². The first-order chi connectivity index (χ1) is 15.0. The van der Waals surface area contributed by atoms with E-state index in [0.717, 1.165) is 31.5 Å². The highest BCUT2D eigenvalue weighted by molar-refractivity contribution is 7.98. The van der Waals surface area contributed by atoms with Crippen molar-refractivity contribution in [2.24, 2.45) is 11.8 Å². The number of ether oxygens (including phenoxy) is 1. The van der Waals surface area contributed by atoms with Crippen LogP contribution in [0.15, 0.2) is 41.3 Å². The highest BCUT2D eigenvalue weighted by atomic mass is 35.5. The standard InChI is InChI=1S/C22H24ClFN4O2S/c23-16-3-2-15(8-17(16)24)30-11-22(29)26-19-9-18(13-6-14(19)7-13)25-10-12-1-4-21-20(5-12)27-28-31-21/h1-5,8,13-14,18-19,25,27-28H,6-7,9-11H2,(H,26,29). The molecule has 0 spiro atoms. The lowest BCUT2D eigenvalue weighted by molar-refractivity contribution is -0.125. The molecule has 1 heterocycles. The van der Waals surface area contributed by atoms with Crippen LogP contribution in [0.1, 0.15) is 24.8 Å². The number of carbonyl (C=O) groups excluding carboxylic acids is 1. The number of carbonyl (C=O) groups is 1. The highest BCUT2D eigenvalue weighted by Crippen LogP contribution is 2.46. The van der Waals surface area contributed by atoms with Crippen LogP contribution >= 0.6 is 23.5 Å². The average molecular weight is 463 g/mol. The third-order valence-electron chi connectivity index (χ3n) is 6.42. The van der Waals surface area contributed by atoms with E-state index in [1.807, 2.05) is 0 Å². The normalized spacial score (nSPS) is 25.9. The number of amides is 1. The molecule has 6 rings (SSSR count). The Balaban J connectivity index is 1.11. The summed E-state index contributed by atoms with van der Waals surface area (Å²) in [4.78, 5) is 16.7. The number of hydrogen-bond donors (Lipinski definition) is 4. The predicted molar refractivity (Wildman–Crippen MR) is 119 cm³/mol. The van der Waals surface area contributed by atoms with Crippen molar-refractivity contribution in [1.82, 2.24) is 15.5 Å². The van der Waals surface area contributed by atoms with Crippen molar-refractivity contribution in [2.75, 3.05) is 12.0 Å². The number of rotatable bonds is 7. The molecule has 2 aromatic rings. The van der Waals surface area contributed by atoms with Gasteiger partial charge in [0.25, 0.3) is 5.91 Å². The third kappa shape index (κ3) is 4.62. The SMILES string of the molecule is O=C(COc1ccc(Cl)c(F)c1)NC1CC(NCc2ccc3c(c2)NNS3)C2CC1C2. The molecule has 3 fully saturated rings. The molecule has 31 heavy (non-hydrogen) atoms. The number of halogens is 2. The fourth-order valence-electron chi connectivity index (χ4n) is 4.67. The molecule has 2 atom stereocenters. The van der Waals surface area contributed by atoms with Gasteiger partial charge in [0.2, 0.25) is 0 Å². The van der Waals surface area contributed by atoms with Crippen LogP contribution in [0.25, 0.3) is 0 Å². The number of nitrogens with one attached hydrogen (secondary N) is 4. The van der Waals surface area contributed by atoms with Crippen LogP contribution in [0, 0.1) is 17.7 Å². The van der Waals surface area contributed by atoms with Gasteiger partial charge < -0.3 is 20.8 Å². The van der Waals surface area contributed by atoms with Crippen molar-refractivity contribution in [1.29, 1.82) is 0 Å². The Morgan fingerprint density at radius 1 is 1.16 bits per heavy atom. The van der Waals surface area contributed by atoms with E-state index in [4.69, 9.17) is 16.3 Å². The predicted octanol–water partition coefficient (Wildman–Crippen LogP) is 3.87. The Hall–Kier alpha value is -2.00. The maximum absolute atomic E-state index is 13.5. The molecule has 3 saturated carbocycles. The largest absolute Gasteiger partial charge is 0.484 e. The highest BCUT2D eigenvalue weighted by Gasteiger charge is 2.46. The van der Waals surface area contributed by atoms with E-state index in [0.29, 0.717) is 23.6 Å². The Kier molecular flexibility index (Phi) is 5.97. The van der Waals surface area contributed by atoms with Gasteiger partial charge in [0.1, 0.15) is 11.6 Å². The van der Waals surface area contributed by atoms with Crippen molar-refractivity contribution in [3.05, 3.63) is 52.8 Å². The molecule has 0 saturated heterocycles. The van der Waals surface area contributed by atoms with Crippen molar-refractivity contribution in [3.63, 3.8) is 0 Å². The van der Waals surface area contributed by atoms with E-state index in [1.54, 1.807) is 18.0 Å². The van der Waals surface area contributed by atoms with Crippen LogP contribution in [0.4, 0.5) is 10.1 Å². The summed E-state index contributed by atoms with van der Waals surface area (Å²) in [7, 11) is 0. The first-order valence-corrected chi connectivity index (χ1v) is 11.7. The molecule has 4 N–H and O–H groups in total. The van der Waals surface area contributed by atoms with E-state index in [2.05, 4.69) is 39.1 Å². The van der Waals surface area contributed by atoms with Crippen LogP contribution in [0.2, 0.25) is 5.02 Å². The summed E-state index contributed by atoms with van der Waals surface area (Å²) in [5.74, 6) is 0.763. The van der Waals surface area contributed by atoms with E-state index < -0.39 is 5.82 Å². The Morgan fingerprint density at radius 3 is 2.84 bits per heavy atom. The third-order valence-corrected chi connectivity index (χ3v) is 7.51. The summed E-state index contributed by atoms with van der Waals surface area (Å²) >= 11 is 7.26. The quantitative estimate of drug-likeness (QED) is 0.468. The number of hydrogen-bond acceptors (Lipinski definition) is 6. The van der Waals surface area contributed by atoms with Crippen LogP contribution in [0.3, 0.4) is 0 Å². The van der Waals surface area contributed by atoms with Gasteiger partial charge in [0.05, 0.1) is 10.7 Å². The topological polar surface area (TPSA) is 74.4 Å². The van der Waals surface area contributed by atoms with Gasteiger partial charge in [0.15, 0.2) is 6.61 Å². The first-order valence-electron chi connectivity index (χ1n) is 10.5. The lowest BCUT2D eigenvalue weighted by Gasteiger charge is -2.51. The summed E-state index contributed by atoms with van der Waals surface area (Å²) in [6.45, 7) is 0.664. The molecule has 2 aromatic carbocycles. The molecule has 6 nitrogen and oxygen atoms in total.